The number of benzene rings is 2. The summed E-state index contributed by atoms with van der Waals surface area (Å²) in [5.74, 6) is 1.59. The first-order valence-corrected chi connectivity index (χ1v) is 12.3. The number of nitrogens with zero attached hydrogens (tertiary/aromatic N) is 1. The molecule has 2 fully saturated rings. The minimum atomic E-state index is -0.303. The predicted octanol–water partition coefficient (Wildman–Crippen LogP) is 4.78. The Morgan fingerprint density at radius 1 is 1.15 bits per heavy atom. The Balaban J connectivity index is 1.23. The maximum absolute atomic E-state index is 12.7. The van der Waals surface area contributed by atoms with E-state index in [1.165, 1.54) is 18.1 Å². The minimum absolute atomic E-state index is 0.0165. The Hall–Kier alpha value is -2.70. The quantitative estimate of drug-likeness (QED) is 0.663. The summed E-state index contributed by atoms with van der Waals surface area (Å²) < 4.78 is 13.2. The van der Waals surface area contributed by atoms with Crippen LogP contribution >= 0.6 is 0 Å². The average Bonchev–Trinajstić information content (AvgIpc) is 2.78. The van der Waals surface area contributed by atoms with Crippen molar-refractivity contribution < 1.29 is 19.1 Å². The molecular weight excluding hydrogens is 428 g/mol. The van der Waals surface area contributed by atoms with E-state index >= 15 is 0 Å². The lowest BCUT2D eigenvalue weighted by atomic mass is 9.70. The number of carbonyl (C=O) groups is 2. The maximum atomic E-state index is 12.7. The third-order valence-electron chi connectivity index (χ3n) is 7.68. The van der Waals surface area contributed by atoms with Crippen molar-refractivity contribution in [2.24, 2.45) is 11.8 Å². The molecule has 1 amide bonds. The summed E-state index contributed by atoms with van der Waals surface area (Å²) in [5.41, 5.74) is 3.42. The fraction of sp³-hybridized carbons (Fsp3) is 0.500. The van der Waals surface area contributed by atoms with Crippen LogP contribution in [0.15, 0.2) is 42.5 Å². The van der Waals surface area contributed by atoms with Crippen molar-refractivity contribution in [3.05, 3.63) is 59.2 Å². The van der Waals surface area contributed by atoms with Gasteiger partial charge in [-0.15, -0.1) is 0 Å². The van der Waals surface area contributed by atoms with E-state index < -0.39 is 0 Å². The summed E-state index contributed by atoms with van der Waals surface area (Å²) in [5, 5.41) is 2.96. The van der Waals surface area contributed by atoms with Gasteiger partial charge in [0.2, 0.25) is 5.91 Å². The lowest BCUT2D eigenvalue weighted by Crippen LogP contribution is -2.55. The van der Waals surface area contributed by atoms with E-state index in [0.29, 0.717) is 23.7 Å². The molecule has 0 saturated carbocycles. The molecule has 0 aliphatic carbocycles. The summed E-state index contributed by atoms with van der Waals surface area (Å²) in [7, 11) is 0. The van der Waals surface area contributed by atoms with Gasteiger partial charge < -0.3 is 14.8 Å². The van der Waals surface area contributed by atoms with Crippen LogP contribution in [0.5, 0.6) is 5.75 Å². The van der Waals surface area contributed by atoms with Gasteiger partial charge in [0.05, 0.1) is 18.8 Å². The highest BCUT2D eigenvalue weighted by atomic mass is 16.5. The fourth-order valence-corrected chi connectivity index (χ4v) is 5.82. The van der Waals surface area contributed by atoms with Gasteiger partial charge in [0, 0.05) is 35.8 Å². The Labute approximate surface area is 201 Å². The predicted molar refractivity (Wildman–Crippen MR) is 131 cm³/mol. The highest BCUT2D eigenvalue weighted by Crippen LogP contribution is 2.53. The normalized spacial score (nSPS) is 27.5. The topological polar surface area (TPSA) is 67.9 Å². The molecule has 3 aliphatic heterocycles. The molecular formula is C28H34N2O4. The molecule has 0 radical (unpaired) electrons. The Morgan fingerprint density at radius 2 is 1.91 bits per heavy atom. The fourth-order valence-electron chi connectivity index (χ4n) is 5.82. The number of ketones is 1. The number of Topliss-reactive ketones (excluding diaryl/α,β-unsaturated/α-hetero) is 1. The number of nitrogens with one attached hydrogen (secondary N) is 1. The molecule has 1 N–H and O–H groups in total. The third-order valence-corrected chi connectivity index (χ3v) is 7.68. The first-order valence-electron chi connectivity index (χ1n) is 12.3. The summed E-state index contributed by atoms with van der Waals surface area (Å²) in [6.07, 6.45) is 2.23. The number of rotatable bonds is 4. The summed E-state index contributed by atoms with van der Waals surface area (Å²) in [4.78, 5) is 26.4. The van der Waals surface area contributed by atoms with Gasteiger partial charge in [-0.05, 0) is 82.3 Å². The largest absolute Gasteiger partial charge is 0.487 e. The molecule has 34 heavy (non-hydrogen) atoms. The molecule has 0 bridgehead atoms. The van der Waals surface area contributed by atoms with Crippen LogP contribution in [0.3, 0.4) is 0 Å². The summed E-state index contributed by atoms with van der Waals surface area (Å²) >= 11 is 0. The van der Waals surface area contributed by atoms with Crippen LogP contribution in [0.4, 0.5) is 5.69 Å². The second kappa shape index (κ2) is 8.82. The van der Waals surface area contributed by atoms with Crippen LogP contribution in [0.1, 0.15) is 61.2 Å². The van der Waals surface area contributed by atoms with Crippen molar-refractivity contribution in [1.82, 2.24) is 4.90 Å². The van der Waals surface area contributed by atoms with E-state index in [0.717, 1.165) is 31.7 Å². The third kappa shape index (κ3) is 4.49. The molecule has 6 nitrogen and oxygen atoms in total. The monoisotopic (exact) mass is 462 g/mol. The lowest BCUT2D eigenvalue weighted by Gasteiger charge is -2.53. The second-order valence-electron chi connectivity index (χ2n) is 10.6. The second-order valence-corrected chi connectivity index (χ2v) is 10.6. The molecule has 3 heterocycles. The molecule has 2 aromatic carbocycles. The zero-order valence-electron chi connectivity index (χ0n) is 20.5. The van der Waals surface area contributed by atoms with Crippen LogP contribution in [0, 0.1) is 18.8 Å². The van der Waals surface area contributed by atoms with Gasteiger partial charge in [-0.3, -0.25) is 14.5 Å². The smallest absolute Gasteiger partial charge is 0.238 e. The number of hydrogen-bond donors (Lipinski definition) is 1. The SMILES string of the molecule is CC(=O)c1ccc(NC(=O)CN2CC[C@@H]3O[C@@H]4c5ccc(C)cc5OC(C)(C)[C@H]4C[C@@H]3C2)cc1. The number of anilines is 1. The zero-order chi connectivity index (χ0) is 24.0. The zero-order valence-corrected chi connectivity index (χ0v) is 20.5. The van der Waals surface area contributed by atoms with E-state index in [1.54, 1.807) is 24.3 Å². The number of amides is 1. The molecule has 6 heteroatoms. The van der Waals surface area contributed by atoms with Gasteiger partial charge >= 0.3 is 0 Å². The molecule has 2 saturated heterocycles. The van der Waals surface area contributed by atoms with E-state index in [9.17, 15) is 9.59 Å². The molecule has 4 atom stereocenters. The van der Waals surface area contributed by atoms with E-state index in [2.05, 4.69) is 49.2 Å². The van der Waals surface area contributed by atoms with E-state index in [-0.39, 0.29) is 35.4 Å². The van der Waals surface area contributed by atoms with Crippen molar-refractivity contribution >= 4 is 17.4 Å². The molecule has 5 rings (SSSR count). The summed E-state index contributed by atoms with van der Waals surface area (Å²) in [6.45, 7) is 10.0. The first-order chi connectivity index (χ1) is 16.2. The van der Waals surface area contributed by atoms with Crippen LogP contribution in [-0.2, 0) is 9.53 Å². The first kappa shape index (κ1) is 23.1. The summed E-state index contributed by atoms with van der Waals surface area (Å²) in [6, 6.07) is 13.5. The maximum Gasteiger partial charge on any atom is 0.238 e. The lowest BCUT2D eigenvalue weighted by molar-refractivity contribution is -0.187. The number of likely N-dealkylation sites (tertiary alicyclic amines) is 1. The standard InChI is InChI=1S/C28H34N2O4/c1-17-5-10-22-25(13-17)34-28(3,4)23-14-20-15-30(12-11-24(20)33-27(22)23)16-26(32)29-21-8-6-19(7-9-21)18(2)31/h5-10,13,20,23-24,27H,11-12,14-16H2,1-4H3,(H,29,32)/t20-,23+,24+,27-/m1/s1. The number of piperidine rings is 1. The Bertz CT molecular complexity index is 1090. The van der Waals surface area contributed by atoms with Crippen LogP contribution in [0.2, 0.25) is 0 Å². The number of hydrogen-bond acceptors (Lipinski definition) is 5. The van der Waals surface area contributed by atoms with Crippen molar-refractivity contribution in [3.63, 3.8) is 0 Å². The van der Waals surface area contributed by atoms with Gasteiger partial charge in [-0.1, -0.05) is 12.1 Å². The Morgan fingerprint density at radius 3 is 2.65 bits per heavy atom. The van der Waals surface area contributed by atoms with E-state index in [4.69, 9.17) is 9.47 Å². The molecule has 0 spiro atoms. The molecule has 180 valence electrons. The van der Waals surface area contributed by atoms with Crippen LogP contribution in [-0.4, -0.2) is 47.9 Å². The van der Waals surface area contributed by atoms with Crippen molar-refractivity contribution in [1.29, 1.82) is 0 Å². The average molecular weight is 463 g/mol. The van der Waals surface area contributed by atoms with Crippen molar-refractivity contribution in [2.75, 3.05) is 25.0 Å². The Kier molecular flexibility index (Phi) is 5.98. The minimum Gasteiger partial charge on any atom is -0.487 e. The number of carbonyl (C=O) groups excluding carboxylic acids is 2. The van der Waals surface area contributed by atoms with Gasteiger partial charge in [-0.2, -0.15) is 0 Å². The van der Waals surface area contributed by atoms with E-state index in [1.807, 2.05) is 0 Å². The highest BCUT2D eigenvalue weighted by molar-refractivity contribution is 5.96. The number of fused-ring (bicyclic) bond motifs is 4. The molecule has 0 aromatic heterocycles. The van der Waals surface area contributed by atoms with Crippen LogP contribution in [0.25, 0.3) is 0 Å². The van der Waals surface area contributed by atoms with Gasteiger partial charge in [0.15, 0.2) is 5.78 Å². The van der Waals surface area contributed by atoms with Gasteiger partial charge in [0.25, 0.3) is 0 Å². The highest BCUT2D eigenvalue weighted by Gasteiger charge is 2.51. The molecule has 3 aliphatic rings. The number of ether oxygens (including phenoxy) is 2. The molecule has 2 aromatic rings. The van der Waals surface area contributed by atoms with Crippen LogP contribution < -0.4 is 10.1 Å². The molecule has 0 unspecified atom stereocenters. The van der Waals surface area contributed by atoms with Gasteiger partial charge in [-0.25, -0.2) is 0 Å². The van der Waals surface area contributed by atoms with Crippen molar-refractivity contribution in [2.45, 2.75) is 58.3 Å². The van der Waals surface area contributed by atoms with Crippen molar-refractivity contribution in [3.8, 4) is 5.75 Å². The number of aryl methyl sites for hydroxylation is 1. The van der Waals surface area contributed by atoms with Gasteiger partial charge in [0.1, 0.15) is 11.4 Å².